The summed E-state index contributed by atoms with van der Waals surface area (Å²) in [5.74, 6) is 0.406. The first-order valence-corrected chi connectivity index (χ1v) is 5.00. The van der Waals surface area contributed by atoms with Crippen LogP contribution in [0.15, 0.2) is 11.1 Å². The van der Waals surface area contributed by atoms with Crippen molar-refractivity contribution in [3.05, 3.63) is 22.6 Å². The zero-order valence-corrected chi connectivity index (χ0v) is 10.2. The van der Waals surface area contributed by atoms with Crippen LogP contribution in [0.1, 0.15) is 16.3 Å². The highest BCUT2D eigenvalue weighted by Crippen LogP contribution is 2.18. The van der Waals surface area contributed by atoms with Gasteiger partial charge in [0, 0.05) is 4.48 Å². The summed E-state index contributed by atoms with van der Waals surface area (Å²) in [6.45, 7) is 5.94. The van der Waals surface area contributed by atoms with Crippen LogP contribution in [0.5, 0.6) is 0 Å². The molecule has 1 aromatic heterocycles. The third-order valence-electron chi connectivity index (χ3n) is 1.91. The molecule has 0 unspecified atom stereocenters. The van der Waals surface area contributed by atoms with Gasteiger partial charge in [-0.25, -0.2) is 9.78 Å². The minimum Gasteiger partial charge on any atom is -0.464 e. The average molecular weight is 274 g/mol. The Hall–Kier alpha value is -1.30. The van der Waals surface area contributed by atoms with Gasteiger partial charge in [-0.15, -0.1) is 0 Å². The Labute approximate surface area is 96.1 Å². The summed E-state index contributed by atoms with van der Waals surface area (Å²) in [4.78, 5) is 15.3. The highest BCUT2D eigenvalue weighted by Gasteiger charge is 2.18. The number of carbonyl (C=O) groups excluding carboxylic acids is 1. The number of nitrogen functional groups attached to an aromatic ring is 1. The molecule has 5 nitrogen and oxygen atoms in total. The maximum Gasteiger partial charge on any atom is 0.360 e. The third-order valence-corrected chi connectivity index (χ3v) is 2.16. The second kappa shape index (κ2) is 4.48. The number of nitrogens with two attached hydrogens (primary N) is 1. The molecular weight excluding hydrogens is 262 g/mol. The Morgan fingerprint density at radius 2 is 2.33 bits per heavy atom. The molecule has 2 N–H and O–H groups in total. The SMILES string of the molecule is C=C(Br)Cn1c(C)nc(C(=O)OC)c1N. The van der Waals surface area contributed by atoms with E-state index < -0.39 is 5.97 Å². The van der Waals surface area contributed by atoms with Gasteiger partial charge in [0.15, 0.2) is 5.69 Å². The molecule has 0 aliphatic carbocycles. The van der Waals surface area contributed by atoms with Gasteiger partial charge in [0.25, 0.3) is 0 Å². The molecule has 1 heterocycles. The van der Waals surface area contributed by atoms with E-state index in [9.17, 15) is 4.79 Å². The highest BCUT2D eigenvalue weighted by atomic mass is 79.9. The molecule has 0 atom stereocenters. The van der Waals surface area contributed by atoms with Gasteiger partial charge in [-0.1, -0.05) is 22.5 Å². The van der Waals surface area contributed by atoms with E-state index in [-0.39, 0.29) is 5.69 Å². The molecular formula is C9H12BrN3O2. The van der Waals surface area contributed by atoms with Crippen molar-refractivity contribution in [3.63, 3.8) is 0 Å². The van der Waals surface area contributed by atoms with Crippen molar-refractivity contribution in [3.8, 4) is 0 Å². The molecule has 1 aromatic rings. The molecule has 0 aliphatic rings. The lowest BCUT2D eigenvalue weighted by Crippen LogP contribution is -2.08. The van der Waals surface area contributed by atoms with E-state index >= 15 is 0 Å². The summed E-state index contributed by atoms with van der Waals surface area (Å²) in [5.41, 5.74) is 5.91. The van der Waals surface area contributed by atoms with Gasteiger partial charge in [-0.2, -0.15) is 0 Å². The fraction of sp³-hybridized carbons (Fsp3) is 0.333. The molecule has 82 valence electrons. The lowest BCUT2D eigenvalue weighted by atomic mass is 10.4. The molecule has 0 saturated carbocycles. The molecule has 15 heavy (non-hydrogen) atoms. The van der Waals surface area contributed by atoms with E-state index in [1.165, 1.54) is 7.11 Å². The van der Waals surface area contributed by atoms with Gasteiger partial charge in [-0.3, -0.25) is 0 Å². The monoisotopic (exact) mass is 273 g/mol. The van der Waals surface area contributed by atoms with Gasteiger partial charge in [0.1, 0.15) is 11.6 Å². The number of halogens is 1. The largest absolute Gasteiger partial charge is 0.464 e. The van der Waals surface area contributed by atoms with Crippen LogP contribution in [0.4, 0.5) is 5.82 Å². The van der Waals surface area contributed by atoms with Crippen LogP contribution in [-0.2, 0) is 11.3 Å². The predicted octanol–water partition coefficient (Wildman–Crippen LogP) is 1.47. The molecule has 0 bridgehead atoms. The Bertz CT molecular complexity index is 412. The summed E-state index contributed by atoms with van der Waals surface area (Å²) < 4.78 is 7.00. The summed E-state index contributed by atoms with van der Waals surface area (Å²) >= 11 is 3.23. The van der Waals surface area contributed by atoms with Crippen molar-refractivity contribution in [2.45, 2.75) is 13.5 Å². The topological polar surface area (TPSA) is 70.1 Å². The highest BCUT2D eigenvalue weighted by molar-refractivity contribution is 9.11. The molecule has 0 amide bonds. The van der Waals surface area contributed by atoms with Gasteiger partial charge < -0.3 is 15.0 Å². The van der Waals surface area contributed by atoms with Gasteiger partial charge >= 0.3 is 5.97 Å². The average Bonchev–Trinajstić information content (AvgIpc) is 2.44. The zero-order chi connectivity index (χ0) is 11.6. The van der Waals surface area contributed by atoms with Crippen molar-refractivity contribution < 1.29 is 9.53 Å². The number of carbonyl (C=O) groups is 1. The fourth-order valence-corrected chi connectivity index (χ4v) is 1.45. The molecule has 0 aliphatic heterocycles. The number of aryl methyl sites for hydroxylation is 1. The van der Waals surface area contributed by atoms with Gasteiger partial charge in [0.2, 0.25) is 0 Å². The van der Waals surface area contributed by atoms with Crippen molar-refractivity contribution in [1.29, 1.82) is 0 Å². The van der Waals surface area contributed by atoms with E-state index in [2.05, 4.69) is 32.2 Å². The molecule has 0 fully saturated rings. The smallest absolute Gasteiger partial charge is 0.360 e. The van der Waals surface area contributed by atoms with Crippen molar-refractivity contribution in [2.24, 2.45) is 0 Å². The van der Waals surface area contributed by atoms with Crippen LogP contribution in [0.3, 0.4) is 0 Å². The van der Waals surface area contributed by atoms with E-state index in [0.717, 1.165) is 4.48 Å². The first-order valence-electron chi connectivity index (χ1n) is 4.21. The number of rotatable bonds is 3. The quantitative estimate of drug-likeness (QED) is 0.847. The summed E-state index contributed by atoms with van der Waals surface area (Å²) in [6.07, 6.45) is 0. The van der Waals surface area contributed by atoms with Crippen LogP contribution in [-0.4, -0.2) is 22.6 Å². The van der Waals surface area contributed by atoms with Crippen molar-refractivity contribution in [1.82, 2.24) is 9.55 Å². The van der Waals surface area contributed by atoms with Crippen LogP contribution < -0.4 is 5.73 Å². The Morgan fingerprint density at radius 3 is 2.80 bits per heavy atom. The van der Waals surface area contributed by atoms with Crippen molar-refractivity contribution >= 4 is 27.7 Å². The third kappa shape index (κ3) is 2.38. The number of ether oxygens (including phenoxy) is 1. The number of anilines is 1. The number of nitrogens with zero attached hydrogens (tertiary/aromatic N) is 2. The molecule has 0 aromatic carbocycles. The minimum atomic E-state index is -0.533. The fourth-order valence-electron chi connectivity index (χ4n) is 1.20. The number of imidazole rings is 1. The number of esters is 1. The maximum atomic E-state index is 11.3. The Balaban J connectivity index is 3.14. The van der Waals surface area contributed by atoms with Crippen LogP contribution in [0.25, 0.3) is 0 Å². The van der Waals surface area contributed by atoms with Crippen LogP contribution in [0.2, 0.25) is 0 Å². The van der Waals surface area contributed by atoms with E-state index in [0.29, 0.717) is 18.2 Å². The summed E-state index contributed by atoms with van der Waals surface area (Å²) in [7, 11) is 1.29. The normalized spacial score (nSPS) is 10.1. The first-order chi connectivity index (χ1) is 6.97. The minimum absolute atomic E-state index is 0.142. The number of methoxy groups -OCH3 is 1. The standard InChI is InChI=1S/C9H12BrN3O2/c1-5(10)4-13-6(2)12-7(8(13)11)9(14)15-3/h1,4,11H2,2-3H3. The van der Waals surface area contributed by atoms with Gasteiger partial charge in [-0.05, 0) is 6.92 Å². The Kier molecular flexibility index (Phi) is 3.52. The van der Waals surface area contributed by atoms with E-state index in [1.54, 1.807) is 11.5 Å². The number of allylic oxidation sites excluding steroid dienone is 1. The van der Waals surface area contributed by atoms with E-state index in [4.69, 9.17) is 5.73 Å². The second-order valence-corrected chi connectivity index (χ2v) is 4.11. The van der Waals surface area contributed by atoms with Gasteiger partial charge in [0.05, 0.1) is 13.7 Å². The number of aromatic nitrogens is 2. The molecule has 1 rings (SSSR count). The van der Waals surface area contributed by atoms with Crippen molar-refractivity contribution in [2.75, 3.05) is 12.8 Å². The summed E-state index contributed by atoms with van der Waals surface area (Å²) in [6, 6.07) is 0. The molecule has 0 saturated heterocycles. The lowest BCUT2D eigenvalue weighted by Gasteiger charge is -2.05. The zero-order valence-electron chi connectivity index (χ0n) is 8.58. The molecule has 0 radical (unpaired) electrons. The molecule has 6 heteroatoms. The van der Waals surface area contributed by atoms with Crippen LogP contribution in [0, 0.1) is 6.92 Å². The Morgan fingerprint density at radius 1 is 1.73 bits per heavy atom. The summed E-state index contributed by atoms with van der Waals surface area (Å²) in [5, 5.41) is 0. The predicted molar refractivity (Wildman–Crippen MR) is 60.8 cm³/mol. The van der Waals surface area contributed by atoms with E-state index in [1.807, 2.05) is 0 Å². The van der Waals surface area contributed by atoms with Crippen LogP contribution >= 0.6 is 15.9 Å². The number of hydrogen-bond donors (Lipinski definition) is 1. The molecule has 0 spiro atoms. The first kappa shape index (κ1) is 11.8. The lowest BCUT2D eigenvalue weighted by molar-refractivity contribution is 0.0595. The second-order valence-electron chi connectivity index (χ2n) is 2.99. The maximum absolute atomic E-state index is 11.3. The number of hydrogen-bond acceptors (Lipinski definition) is 4.